The van der Waals surface area contributed by atoms with Crippen molar-refractivity contribution in [1.82, 2.24) is 9.69 Å². The molecule has 1 aromatic heterocycles. The average molecular weight is 510 g/mol. The molecule has 1 saturated carbocycles. The molecule has 1 atom stereocenters. The van der Waals surface area contributed by atoms with Gasteiger partial charge < -0.3 is 16.8 Å². The quantitative estimate of drug-likeness (QED) is 0.443. The van der Waals surface area contributed by atoms with Crippen molar-refractivity contribution >= 4 is 40.6 Å². The van der Waals surface area contributed by atoms with Gasteiger partial charge in [-0.2, -0.15) is 4.37 Å². The normalized spacial score (nSPS) is 14.4. The van der Waals surface area contributed by atoms with Crippen LogP contribution >= 0.6 is 11.5 Å². The van der Waals surface area contributed by atoms with E-state index in [1.165, 1.54) is 29.2 Å². The molecule has 1 heterocycles. The summed E-state index contributed by atoms with van der Waals surface area (Å²) in [5.41, 5.74) is 13.8. The lowest BCUT2D eigenvalue weighted by atomic mass is 10.0. The number of nitrogens with two attached hydrogens (primary N) is 2. The molecule has 1 aliphatic carbocycles. The summed E-state index contributed by atoms with van der Waals surface area (Å²) in [7, 11) is 0. The van der Waals surface area contributed by atoms with Gasteiger partial charge in [0.2, 0.25) is 5.91 Å². The van der Waals surface area contributed by atoms with E-state index in [0.29, 0.717) is 11.3 Å². The number of carbonyl (C=O) groups excluding carboxylic acids is 3. The number of carbonyl (C=O) groups is 3. The number of primary amides is 1. The zero-order valence-corrected chi connectivity index (χ0v) is 20.9. The number of nitrogens with one attached hydrogen (secondary N) is 1. The number of rotatable bonds is 7. The lowest BCUT2D eigenvalue weighted by Crippen LogP contribution is -2.46. The number of benzene rings is 2. The molecule has 1 aliphatic rings. The molecule has 2 aromatic carbocycles. The number of aryl methyl sites for hydroxylation is 2. The Kier molecular flexibility index (Phi) is 7.35. The molecular weight excluding hydrogens is 481 g/mol. The third kappa shape index (κ3) is 5.23. The first kappa shape index (κ1) is 25.3. The van der Waals surface area contributed by atoms with Crippen LogP contribution in [0.5, 0.6) is 0 Å². The second-order valence-corrected chi connectivity index (χ2v) is 9.88. The predicted octanol–water partition coefficient (Wildman–Crippen LogP) is 4.03. The highest BCUT2D eigenvalue weighted by Gasteiger charge is 2.37. The zero-order chi connectivity index (χ0) is 26.0. The number of hydrogen-bond acceptors (Lipinski definition) is 6. The Hall–Kier alpha value is -3.79. The Morgan fingerprint density at radius 1 is 1.08 bits per heavy atom. The number of nitrogen functional groups attached to an aromatic ring is 1. The Morgan fingerprint density at radius 3 is 2.25 bits per heavy atom. The van der Waals surface area contributed by atoms with E-state index >= 15 is 0 Å². The maximum absolute atomic E-state index is 14.1. The number of aromatic nitrogens is 1. The average Bonchev–Trinajstić information content (AvgIpc) is 3.46. The standard InChI is InChI=1S/C26H28FN5O3S/c1-14-11-15(2)13-19(12-14)32(26(35)23-20(28)21(24(29)33)31-36-23)22(16-7-9-17(27)10-8-16)25(34)30-18-5-3-4-6-18/h7-13,18,22H,3-6,28H2,1-2H3,(H2,29,33)(H,30,34). The van der Waals surface area contributed by atoms with E-state index in [0.717, 1.165) is 48.3 Å². The van der Waals surface area contributed by atoms with Crippen molar-refractivity contribution in [3.63, 3.8) is 0 Å². The second kappa shape index (κ2) is 10.4. The first-order chi connectivity index (χ1) is 17.2. The molecule has 8 nitrogen and oxygen atoms in total. The van der Waals surface area contributed by atoms with E-state index in [1.54, 1.807) is 12.1 Å². The molecule has 1 fully saturated rings. The molecule has 10 heteroatoms. The van der Waals surface area contributed by atoms with Crippen molar-refractivity contribution < 1.29 is 18.8 Å². The van der Waals surface area contributed by atoms with E-state index in [9.17, 15) is 18.8 Å². The molecule has 0 saturated heterocycles. The zero-order valence-electron chi connectivity index (χ0n) is 20.1. The topological polar surface area (TPSA) is 131 Å². The molecule has 3 amide bonds. The van der Waals surface area contributed by atoms with E-state index in [-0.39, 0.29) is 28.2 Å². The molecule has 0 spiro atoms. The Balaban J connectivity index is 1.88. The van der Waals surface area contributed by atoms with Gasteiger partial charge >= 0.3 is 0 Å². The predicted molar refractivity (Wildman–Crippen MR) is 137 cm³/mol. The van der Waals surface area contributed by atoms with Gasteiger partial charge in [-0.3, -0.25) is 19.3 Å². The van der Waals surface area contributed by atoms with Crippen molar-refractivity contribution in [3.05, 3.63) is 75.5 Å². The van der Waals surface area contributed by atoms with E-state index < -0.39 is 23.7 Å². The monoisotopic (exact) mass is 509 g/mol. The fourth-order valence-corrected chi connectivity index (χ4v) is 5.37. The summed E-state index contributed by atoms with van der Waals surface area (Å²) in [5, 5.41) is 3.07. The first-order valence-electron chi connectivity index (χ1n) is 11.7. The summed E-state index contributed by atoms with van der Waals surface area (Å²) >= 11 is 0.745. The fraction of sp³-hybridized carbons (Fsp3) is 0.308. The van der Waals surface area contributed by atoms with E-state index in [2.05, 4.69) is 9.69 Å². The lowest BCUT2D eigenvalue weighted by molar-refractivity contribution is -0.123. The number of amides is 3. The lowest BCUT2D eigenvalue weighted by Gasteiger charge is -2.32. The molecule has 0 aliphatic heterocycles. The van der Waals surface area contributed by atoms with Gasteiger partial charge in [-0.1, -0.05) is 31.0 Å². The van der Waals surface area contributed by atoms with Crippen molar-refractivity contribution in [3.8, 4) is 0 Å². The minimum absolute atomic E-state index is 0.00779. The van der Waals surface area contributed by atoms with Crippen molar-refractivity contribution in [2.45, 2.75) is 51.6 Å². The van der Waals surface area contributed by atoms with Gasteiger partial charge in [-0.15, -0.1) is 0 Å². The molecule has 0 radical (unpaired) electrons. The van der Waals surface area contributed by atoms with Gasteiger partial charge in [0.25, 0.3) is 11.8 Å². The Morgan fingerprint density at radius 2 is 1.69 bits per heavy atom. The van der Waals surface area contributed by atoms with E-state index in [4.69, 9.17) is 11.5 Å². The van der Waals surface area contributed by atoms with Crippen LogP contribution in [0.25, 0.3) is 0 Å². The summed E-state index contributed by atoms with van der Waals surface area (Å²) in [6.07, 6.45) is 3.73. The Bertz CT molecular complexity index is 1280. The molecule has 1 unspecified atom stereocenters. The van der Waals surface area contributed by atoms with Crippen LogP contribution in [0.4, 0.5) is 15.8 Å². The summed E-state index contributed by atoms with van der Waals surface area (Å²) in [4.78, 5) is 40.9. The molecule has 36 heavy (non-hydrogen) atoms. The highest BCUT2D eigenvalue weighted by molar-refractivity contribution is 7.09. The van der Waals surface area contributed by atoms with Crippen molar-refractivity contribution in [2.75, 3.05) is 10.6 Å². The smallest absolute Gasteiger partial charge is 0.273 e. The highest BCUT2D eigenvalue weighted by Crippen LogP contribution is 2.34. The maximum Gasteiger partial charge on any atom is 0.273 e. The molecule has 5 N–H and O–H groups in total. The summed E-state index contributed by atoms with van der Waals surface area (Å²) in [5.74, 6) is -2.32. The summed E-state index contributed by atoms with van der Waals surface area (Å²) in [6, 6.07) is 9.87. The van der Waals surface area contributed by atoms with Gasteiger partial charge in [0.15, 0.2) is 5.69 Å². The van der Waals surface area contributed by atoms with Crippen LogP contribution in [0.2, 0.25) is 0 Å². The van der Waals surface area contributed by atoms with Crippen molar-refractivity contribution in [2.24, 2.45) is 5.73 Å². The highest BCUT2D eigenvalue weighted by atomic mass is 32.1. The molecular formula is C26H28FN5O3S. The molecule has 3 aromatic rings. The van der Waals surface area contributed by atoms with Crippen LogP contribution in [-0.2, 0) is 4.79 Å². The maximum atomic E-state index is 14.1. The molecule has 188 valence electrons. The SMILES string of the molecule is Cc1cc(C)cc(N(C(=O)c2snc(C(N)=O)c2N)C(C(=O)NC2CCCC2)c2ccc(F)cc2)c1. The largest absolute Gasteiger partial charge is 0.395 e. The van der Waals surface area contributed by atoms with Crippen LogP contribution in [0.1, 0.15) is 68.6 Å². The number of anilines is 2. The fourth-order valence-electron chi connectivity index (χ4n) is 4.62. The van der Waals surface area contributed by atoms with Gasteiger partial charge in [-0.25, -0.2) is 4.39 Å². The van der Waals surface area contributed by atoms with Gasteiger partial charge in [0, 0.05) is 11.7 Å². The van der Waals surface area contributed by atoms with Gasteiger partial charge in [-0.05, 0) is 79.2 Å². The van der Waals surface area contributed by atoms with Gasteiger partial charge in [0.1, 0.15) is 16.7 Å². The van der Waals surface area contributed by atoms with Crippen LogP contribution in [-0.4, -0.2) is 28.1 Å². The number of halogens is 1. The third-order valence-electron chi connectivity index (χ3n) is 6.25. The third-order valence-corrected chi connectivity index (χ3v) is 7.10. The number of nitrogens with zero attached hydrogens (tertiary/aromatic N) is 2. The first-order valence-corrected chi connectivity index (χ1v) is 12.5. The second-order valence-electron chi connectivity index (χ2n) is 9.10. The summed E-state index contributed by atoms with van der Waals surface area (Å²) in [6.45, 7) is 3.77. The van der Waals surface area contributed by atoms with Crippen LogP contribution in [0.3, 0.4) is 0 Å². The summed E-state index contributed by atoms with van der Waals surface area (Å²) < 4.78 is 17.8. The molecule has 0 bridgehead atoms. The van der Waals surface area contributed by atoms with Crippen LogP contribution in [0, 0.1) is 19.7 Å². The number of hydrogen-bond donors (Lipinski definition) is 3. The minimum atomic E-state index is -1.13. The van der Waals surface area contributed by atoms with Gasteiger partial charge in [0.05, 0.1) is 5.69 Å². The van der Waals surface area contributed by atoms with Crippen LogP contribution in [0.15, 0.2) is 42.5 Å². The Labute approximate surface area is 212 Å². The van der Waals surface area contributed by atoms with Crippen LogP contribution < -0.4 is 21.7 Å². The van der Waals surface area contributed by atoms with E-state index in [1.807, 2.05) is 19.9 Å². The van der Waals surface area contributed by atoms with Crippen molar-refractivity contribution in [1.29, 1.82) is 0 Å². The minimum Gasteiger partial charge on any atom is -0.395 e. The molecule has 4 rings (SSSR count).